The molecular formula is C11H22N2O3S. The minimum atomic E-state index is -2.80. The fraction of sp³-hybridized carbons (Fsp3) is 1.00. The lowest BCUT2D eigenvalue weighted by Gasteiger charge is -2.33. The molecule has 0 amide bonds. The van der Waals surface area contributed by atoms with Crippen LogP contribution in [0.2, 0.25) is 0 Å². The van der Waals surface area contributed by atoms with Crippen molar-refractivity contribution in [1.82, 2.24) is 4.90 Å². The van der Waals surface area contributed by atoms with Crippen molar-refractivity contribution < 1.29 is 13.2 Å². The molecule has 2 unspecified atom stereocenters. The van der Waals surface area contributed by atoms with Gasteiger partial charge < -0.3 is 15.4 Å². The molecule has 0 aliphatic carbocycles. The van der Waals surface area contributed by atoms with Gasteiger partial charge in [-0.25, -0.2) is 8.42 Å². The third-order valence-corrected chi connectivity index (χ3v) is 5.78. The second-order valence-corrected chi connectivity index (χ2v) is 7.71. The Hall–Kier alpha value is -0.170. The lowest BCUT2D eigenvalue weighted by Crippen LogP contribution is -2.45. The molecule has 2 rings (SSSR count). The van der Waals surface area contributed by atoms with Crippen LogP contribution in [0.4, 0.5) is 0 Å². The first-order valence-electron chi connectivity index (χ1n) is 6.15. The summed E-state index contributed by atoms with van der Waals surface area (Å²) < 4.78 is 28.3. The molecule has 2 saturated heterocycles. The highest BCUT2D eigenvalue weighted by molar-refractivity contribution is 7.91. The van der Waals surface area contributed by atoms with Crippen molar-refractivity contribution in [3.63, 3.8) is 0 Å². The van der Waals surface area contributed by atoms with Gasteiger partial charge in [-0.05, 0) is 19.9 Å². The predicted octanol–water partition coefficient (Wildman–Crippen LogP) is -0.529. The van der Waals surface area contributed by atoms with E-state index in [1.54, 1.807) is 0 Å². The third-order valence-electron chi connectivity index (χ3n) is 4.03. The van der Waals surface area contributed by atoms with Gasteiger partial charge in [0.2, 0.25) is 0 Å². The molecular weight excluding hydrogens is 240 g/mol. The molecule has 0 aromatic heterocycles. The van der Waals surface area contributed by atoms with E-state index >= 15 is 0 Å². The molecule has 2 fully saturated rings. The molecule has 2 N–H and O–H groups in total. The Morgan fingerprint density at radius 2 is 2.29 bits per heavy atom. The standard InChI is InChI=1S/C11H22N2O3S/c1-13(10-2-5-17(14,15)6-10)8-11(7-12)3-4-16-9-11/h10H,2-9,12H2,1H3. The van der Waals surface area contributed by atoms with Gasteiger partial charge >= 0.3 is 0 Å². The second-order valence-electron chi connectivity index (χ2n) is 5.48. The van der Waals surface area contributed by atoms with E-state index in [0.717, 1.165) is 26.0 Å². The fourth-order valence-electron chi connectivity index (χ4n) is 2.78. The van der Waals surface area contributed by atoms with Crippen LogP contribution in [-0.2, 0) is 14.6 Å². The molecule has 2 aliphatic rings. The van der Waals surface area contributed by atoms with E-state index in [-0.39, 0.29) is 11.5 Å². The van der Waals surface area contributed by atoms with Gasteiger partial charge in [0.05, 0.1) is 18.1 Å². The molecule has 0 radical (unpaired) electrons. The zero-order valence-corrected chi connectivity index (χ0v) is 11.2. The van der Waals surface area contributed by atoms with Crippen LogP contribution in [0.25, 0.3) is 0 Å². The monoisotopic (exact) mass is 262 g/mol. The van der Waals surface area contributed by atoms with Gasteiger partial charge in [-0.1, -0.05) is 0 Å². The summed E-state index contributed by atoms with van der Waals surface area (Å²) in [4.78, 5) is 2.16. The Labute approximate surface area is 103 Å². The van der Waals surface area contributed by atoms with Crippen LogP contribution in [-0.4, -0.2) is 64.2 Å². The van der Waals surface area contributed by atoms with Gasteiger partial charge in [-0.3, -0.25) is 0 Å². The van der Waals surface area contributed by atoms with Crippen molar-refractivity contribution in [1.29, 1.82) is 0 Å². The van der Waals surface area contributed by atoms with Crippen molar-refractivity contribution in [3.8, 4) is 0 Å². The Morgan fingerprint density at radius 3 is 2.76 bits per heavy atom. The molecule has 0 aromatic carbocycles. The molecule has 17 heavy (non-hydrogen) atoms. The molecule has 2 heterocycles. The van der Waals surface area contributed by atoms with E-state index in [2.05, 4.69) is 4.90 Å². The van der Waals surface area contributed by atoms with Gasteiger partial charge in [0.25, 0.3) is 0 Å². The van der Waals surface area contributed by atoms with Crippen molar-refractivity contribution in [2.24, 2.45) is 11.1 Å². The second kappa shape index (κ2) is 4.84. The van der Waals surface area contributed by atoms with Gasteiger partial charge in [0, 0.05) is 31.2 Å². The van der Waals surface area contributed by atoms with Gasteiger partial charge in [-0.15, -0.1) is 0 Å². The Bertz CT molecular complexity index is 363. The van der Waals surface area contributed by atoms with Crippen LogP contribution in [0.15, 0.2) is 0 Å². The quantitative estimate of drug-likeness (QED) is 0.737. The molecule has 2 atom stereocenters. The molecule has 0 bridgehead atoms. The predicted molar refractivity (Wildman–Crippen MR) is 66.6 cm³/mol. The molecule has 2 aliphatic heterocycles. The first-order valence-corrected chi connectivity index (χ1v) is 7.97. The van der Waals surface area contributed by atoms with Crippen LogP contribution in [0, 0.1) is 5.41 Å². The summed E-state index contributed by atoms with van der Waals surface area (Å²) in [6.07, 6.45) is 1.73. The Kier molecular flexibility index (Phi) is 3.77. The summed E-state index contributed by atoms with van der Waals surface area (Å²) in [6, 6.07) is 0.157. The molecule has 0 spiro atoms. The number of hydrogen-bond acceptors (Lipinski definition) is 5. The SMILES string of the molecule is CN(CC1(CN)CCOC1)C1CCS(=O)(=O)C1. The van der Waals surface area contributed by atoms with Crippen molar-refractivity contribution in [2.75, 3.05) is 44.9 Å². The maximum atomic E-state index is 11.5. The molecule has 0 aromatic rings. The number of nitrogens with two attached hydrogens (primary N) is 1. The van der Waals surface area contributed by atoms with Crippen molar-refractivity contribution in [2.45, 2.75) is 18.9 Å². The van der Waals surface area contributed by atoms with Crippen LogP contribution < -0.4 is 5.73 Å². The molecule has 100 valence electrons. The van der Waals surface area contributed by atoms with Crippen LogP contribution in [0.1, 0.15) is 12.8 Å². The Balaban J connectivity index is 1.95. The van der Waals surface area contributed by atoms with Gasteiger partial charge in [0.1, 0.15) is 0 Å². The summed E-state index contributed by atoms with van der Waals surface area (Å²) in [5, 5.41) is 0. The van der Waals surface area contributed by atoms with E-state index in [1.807, 2.05) is 7.05 Å². The average Bonchev–Trinajstić information content (AvgIpc) is 2.86. The van der Waals surface area contributed by atoms with E-state index in [0.29, 0.717) is 24.7 Å². The van der Waals surface area contributed by atoms with Gasteiger partial charge in [-0.2, -0.15) is 0 Å². The van der Waals surface area contributed by atoms with Crippen molar-refractivity contribution in [3.05, 3.63) is 0 Å². The molecule has 0 saturated carbocycles. The highest BCUT2D eigenvalue weighted by atomic mass is 32.2. The molecule has 6 heteroatoms. The van der Waals surface area contributed by atoms with Crippen LogP contribution in [0.5, 0.6) is 0 Å². The van der Waals surface area contributed by atoms with Crippen LogP contribution in [0.3, 0.4) is 0 Å². The maximum Gasteiger partial charge on any atom is 0.151 e. The van der Waals surface area contributed by atoms with E-state index in [9.17, 15) is 8.42 Å². The first kappa shape index (κ1) is 13.3. The number of sulfone groups is 1. The fourth-order valence-corrected chi connectivity index (χ4v) is 4.59. The lowest BCUT2D eigenvalue weighted by molar-refractivity contribution is 0.112. The maximum absolute atomic E-state index is 11.5. The summed E-state index contributed by atoms with van der Waals surface area (Å²) >= 11 is 0. The smallest absolute Gasteiger partial charge is 0.151 e. The Morgan fingerprint density at radius 1 is 1.53 bits per heavy atom. The minimum absolute atomic E-state index is 0.0289. The zero-order chi connectivity index (χ0) is 12.5. The number of ether oxygens (including phenoxy) is 1. The highest BCUT2D eigenvalue weighted by Gasteiger charge is 2.38. The van der Waals surface area contributed by atoms with Crippen molar-refractivity contribution >= 4 is 9.84 Å². The minimum Gasteiger partial charge on any atom is -0.381 e. The average molecular weight is 262 g/mol. The number of hydrogen-bond donors (Lipinski definition) is 1. The molecule has 5 nitrogen and oxygen atoms in total. The van der Waals surface area contributed by atoms with Crippen LogP contribution >= 0.6 is 0 Å². The lowest BCUT2D eigenvalue weighted by atomic mass is 9.86. The van der Waals surface area contributed by atoms with Gasteiger partial charge in [0.15, 0.2) is 9.84 Å². The normalized spacial score (nSPS) is 36.8. The number of rotatable bonds is 4. The zero-order valence-electron chi connectivity index (χ0n) is 10.4. The topological polar surface area (TPSA) is 72.6 Å². The van der Waals surface area contributed by atoms with E-state index < -0.39 is 9.84 Å². The summed E-state index contributed by atoms with van der Waals surface area (Å²) in [5.74, 6) is 0.624. The summed E-state index contributed by atoms with van der Waals surface area (Å²) in [6.45, 7) is 2.92. The summed E-state index contributed by atoms with van der Waals surface area (Å²) in [5.41, 5.74) is 5.87. The largest absolute Gasteiger partial charge is 0.381 e. The number of nitrogens with zero attached hydrogens (tertiary/aromatic N) is 1. The third kappa shape index (κ3) is 2.99. The highest BCUT2D eigenvalue weighted by Crippen LogP contribution is 2.30. The summed E-state index contributed by atoms with van der Waals surface area (Å²) in [7, 11) is -0.804. The van der Waals surface area contributed by atoms with E-state index in [1.165, 1.54) is 0 Å². The van der Waals surface area contributed by atoms with E-state index in [4.69, 9.17) is 10.5 Å². The first-order chi connectivity index (χ1) is 7.96.